The zero-order chi connectivity index (χ0) is 34.1. The van der Waals surface area contributed by atoms with Gasteiger partial charge in [0.15, 0.2) is 0 Å². The van der Waals surface area contributed by atoms with Crippen LogP contribution >= 0.6 is 23.5 Å². The number of allylic oxidation sites excluding steroid dienone is 1. The van der Waals surface area contributed by atoms with E-state index in [1.807, 2.05) is 23.5 Å². The molecule has 0 aliphatic heterocycles. The largest absolute Gasteiger partial charge is 0.462 e. The lowest BCUT2D eigenvalue weighted by Gasteiger charge is -2.32. The van der Waals surface area contributed by atoms with Gasteiger partial charge in [-0.15, -0.1) is 23.5 Å². The van der Waals surface area contributed by atoms with Crippen molar-refractivity contribution in [2.75, 3.05) is 6.61 Å². The number of hydrogen-bond acceptors (Lipinski definition) is 6. The first-order valence-electron chi connectivity index (χ1n) is 15.3. The summed E-state index contributed by atoms with van der Waals surface area (Å²) >= 11 is 3.76. The highest BCUT2D eigenvalue weighted by Gasteiger charge is 2.31. The molecule has 5 nitrogen and oxygen atoms in total. The van der Waals surface area contributed by atoms with Crippen LogP contribution in [0.2, 0.25) is 0 Å². The summed E-state index contributed by atoms with van der Waals surface area (Å²) in [4.78, 5) is 2.46. The Kier molecular flexibility index (Phi) is 12.1. The first kappa shape index (κ1) is 38.7. The monoisotopic (exact) mass is 664 g/mol. The van der Waals surface area contributed by atoms with Crippen LogP contribution in [0.15, 0.2) is 52.5 Å². The summed E-state index contributed by atoms with van der Waals surface area (Å²) in [7, 11) is -4.47. The molecular formula is C36H56O5S3. The minimum atomic E-state index is -4.47. The van der Waals surface area contributed by atoms with Crippen molar-refractivity contribution in [3.8, 4) is 5.75 Å². The first-order valence-corrected chi connectivity index (χ1v) is 18.3. The molecule has 0 unspecified atom stereocenters. The highest BCUT2D eigenvalue weighted by molar-refractivity contribution is 8.18. The molecule has 2 aromatic rings. The van der Waals surface area contributed by atoms with Crippen LogP contribution in [0.5, 0.6) is 5.75 Å². The number of hydrogen-bond donors (Lipinski definition) is 1. The van der Waals surface area contributed by atoms with Crippen molar-refractivity contribution in [3.63, 3.8) is 0 Å². The molecule has 0 amide bonds. The maximum absolute atomic E-state index is 10.9. The fraction of sp³-hybridized carbons (Fsp3) is 0.611. The van der Waals surface area contributed by atoms with Gasteiger partial charge in [0, 0.05) is 27.3 Å². The lowest BCUT2D eigenvalue weighted by atomic mass is 9.79. The molecule has 0 atom stereocenters. The summed E-state index contributed by atoms with van der Waals surface area (Å²) in [5, 5.41) is 0. The average molecular weight is 665 g/mol. The van der Waals surface area contributed by atoms with Crippen LogP contribution in [0.3, 0.4) is 0 Å². The molecule has 0 bridgehead atoms. The molecule has 0 saturated carbocycles. The molecule has 0 saturated heterocycles. The third-order valence-corrected chi connectivity index (χ3v) is 10.0. The first-order chi connectivity index (χ1) is 19.6. The minimum absolute atomic E-state index is 0.0560. The smallest absolute Gasteiger partial charge is 0.397 e. The van der Waals surface area contributed by atoms with Crippen molar-refractivity contribution < 1.29 is 21.9 Å². The molecule has 2 rings (SSSR count). The number of thioether (sulfide) groups is 2. The van der Waals surface area contributed by atoms with E-state index in [4.69, 9.17) is 9.29 Å². The highest BCUT2D eigenvalue weighted by atomic mass is 32.3. The zero-order valence-corrected chi connectivity index (χ0v) is 32.0. The Morgan fingerprint density at radius 1 is 0.705 bits per heavy atom. The maximum Gasteiger partial charge on any atom is 0.397 e. The molecular weight excluding hydrogens is 609 g/mol. The summed E-state index contributed by atoms with van der Waals surface area (Å²) in [6.07, 6.45) is 0.744. The molecule has 0 fully saturated rings. The lowest BCUT2D eigenvalue weighted by molar-refractivity contribution is 0.258. The van der Waals surface area contributed by atoms with Crippen LogP contribution < -0.4 is 4.74 Å². The van der Waals surface area contributed by atoms with E-state index >= 15 is 0 Å². The molecule has 0 radical (unpaired) electrons. The second-order valence-corrected chi connectivity index (χ2v) is 20.9. The van der Waals surface area contributed by atoms with Crippen LogP contribution in [-0.4, -0.2) is 23.7 Å². The van der Waals surface area contributed by atoms with Gasteiger partial charge in [-0.2, -0.15) is 8.42 Å². The van der Waals surface area contributed by atoms with Gasteiger partial charge < -0.3 is 4.74 Å². The predicted octanol–water partition coefficient (Wildman–Crippen LogP) is 11.0. The van der Waals surface area contributed by atoms with Gasteiger partial charge in [-0.3, -0.25) is 4.55 Å². The minimum Gasteiger partial charge on any atom is -0.462 e. The van der Waals surface area contributed by atoms with Crippen molar-refractivity contribution in [1.29, 1.82) is 0 Å². The van der Waals surface area contributed by atoms with E-state index in [-0.39, 0.29) is 32.3 Å². The van der Waals surface area contributed by atoms with Gasteiger partial charge in [-0.05, 0) is 77.3 Å². The van der Waals surface area contributed by atoms with Crippen molar-refractivity contribution in [2.45, 2.75) is 145 Å². The molecule has 2 aromatic carbocycles. The molecule has 8 heteroatoms. The topological polar surface area (TPSA) is 72.8 Å². The normalized spacial score (nSPS) is 13.7. The zero-order valence-electron chi connectivity index (χ0n) is 29.5. The molecule has 1 N–H and O–H groups in total. The van der Waals surface area contributed by atoms with Crippen LogP contribution in [-0.2, 0) is 36.2 Å². The van der Waals surface area contributed by atoms with Crippen molar-refractivity contribution in [2.24, 2.45) is 0 Å². The number of rotatable bonds is 11. The fourth-order valence-electron chi connectivity index (χ4n) is 4.63. The van der Waals surface area contributed by atoms with E-state index < -0.39 is 10.4 Å². The van der Waals surface area contributed by atoms with Gasteiger partial charge in [-0.25, -0.2) is 4.18 Å². The van der Waals surface area contributed by atoms with Gasteiger partial charge in [0.1, 0.15) is 5.75 Å². The second kappa shape index (κ2) is 13.7. The third-order valence-electron chi connectivity index (χ3n) is 7.12. The maximum atomic E-state index is 10.9. The molecule has 248 valence electrons. The summed E-state index contributed by atoms with van der Waals surface area (Å²) in [5.74, 6) is 1.32. The van der Waals surface area contributed by atoms with Crippen molar-refractivity contribution in [1.82, 2.24) is 0 Å². The highest BCUT2D eigenvalue weighted by Crippen LogP contribution is 2.50. The van der Waals surface area contributed by atoms with E-state index in [1.54, 1.807) is 0 Å². The number of benzene rings is 2. The molecule has 0 heterocycles. The lowest BCUT2D eigenvalue weighted by Crippen LogP contribution is -2.20. The molecule has 44 heavy (non-hydrogen) atoms. The Hall–Kier alpha value is -1.45. The third kappa shape index (κ3) is 12.1. The second-order valence-electron chi connectivity index (χ2n) is 16.2. The van der Waals surface area contributed by atoms with Crippen LogP contribution in [0.25, 0.3) is 0 Å². The van der Waals surface area contributed by atoms with Crippen LogP contribution in [0.4, 0.5) is 0 Å². The van der Waals surface area contributed by atoms with Crippen LogP contribution in [0.1, 0.15) is 132 Å². The molecule has 0 spiro atoms. The van der Waals surface area contributed by atoms with Gasteiger partial charge in [0.2, 0.25) is 0 Å². The molecule has 0 aromatic heterocycles. The van der Waals surface area contributed by atoms with E-state index in [2.05, 4.69) is 138 Å². The quantitative estimate of drug-likeness (QED) is 0.0842. The molecule has 0 aliphatic carbocycles. The Morgan fingerprint density at radius 3 is 1.48 bits per heavy atom. The SMILES string of the molecule is C=C(CCCOS(=O)(=O)O)Oc1c(C(C)(C)C)cc(SC(C)(C)Sc2cc(C(C)(C)C)cc(C(C)(C)C)c2)cc1C(C)(C)C. The Balaban J connectivity index is 2.50. The summed E-state index contributed by atoms with van der Waals surface area (Å²) in [5.41, 5.74) is 4.58. The number of ether oxygens (including phenoxy) is 1. The van der Waals surface area contributed by atoms with Crippen molar-refractivity contribution >= 4 is 33.9 Å². The van der Waals surface area contributed by atoms with E-state index in [1.165, 1.54) is 20.9 Å². The predicted molar refractivity (Wildman–Crippen MR) is 190 cm³/mol. The van der Waals surface area contributed by atoms with Gasteiger partial charge in [0.05, 0.1) is 16.4 Å². The molecule has 0 aliphatic rings. The average Bonchev–Trinajstić information content (AvgIpc) is 2.78. The van der Waals surface area contributed by atoms with Crippen molar-refractivity contribution in [3.05, 3.63) is 64.9 Å². The Labute approximate surface area is 277 Å². The van der Waals surface area contributed by atoms with E-state index in [0.29, 0.717) is 18.6 Å². The van der Waals surface area contributed by atoms with E-state index in [0.717, 1.165) is 16.9 Å². The van der Waals surface area contributed by atoms with Gasteiger partial charge in [-0.1, -0.05) is 95.7 Å². The summed E-state index contributed by atoms with van der Waals surface area (Å²) < 4.78 is 41.4. The summed E-state index contributed by atoms with van der Waals surface area (Å²) in [6.45, 7) is 35.3. The fourth-order valence-corrected chi connectivity index (χ4v) is 7.56. The standard InChI is InChI=1S/C36H56O5S3/c1-24(17-16-18-40-44(37,38)39)41-31-29(34(8,9)10)22-28(23-30(31)35(11,12)13)43-36(14,15)42-27-20-25(32(2,3)4)19-26(21-27)33(5,6)7/h19-23H,1,16-18H2,2-15H3,(H,37,38,39). The summed E-state index contributed by atoms with van der Waals surface area (Å²) in [6, 6.07) is 11.6. The Morgan fingerprint density at radius 2 is 1.11 bits per heavy atom. The van der Waals surface area contributed by atoms with Crippen LogP contribution in [0, 0.1) is 0 Å². The van der Waals surface area contributed by atoms with Gasteiger partial charge in [0.25, 0.3) is 0 Å². The van der Waals surface area contributed by atoms with E-state index in [9.17, 15) is 8.42 Å². The van der Waals surface area contributed by atoms with Gasteiger partial charge >= 0.3 is 10.4 Å². The Bertz CT molecular complexity index is 1360.